The van der Waals surface area contributed by atoms with E-state index in [0.29, 0.717) is 5.82 Å². The number of anilines is 2. The van der Waals surface area contributed by atoms with Crippen LogP contribution in [-0.2, 0) is 10.0 Å². The molecule has 0 aliphatic rings. The molecular formula is C10H18N4O2S. The SMILES string of the molecule is CCCCCNc1ccc(NS(C)(=O)=O)nn1. The zero-order chi connectivity index (χ0) is 12.7. The molecule has 0 aliphatic carbocycles. The van der Waals surface area contributed by atoms with Gasteiger partial charge in [0.25, 0.3) is 0 Å². The predicted octanol–water partition coefficient (Wildman–Crippen LogP) is 1.45. The molecule has 1 aromatic heterocycles. The average molecular weight is 258 g/mol. The van der Waals surface area contributed by atoms with E-state index in [2.05, 4.69) is 27.2 Å². The standard InChI is InChI=1S/C10H18N4O2S/c1-3-4-5-8-11-9-6-7-10(13-12-9)14-17(2,15)16/h6-7H,3-5,8H2,1-2H3,(H,11,12)(H,13,14). The third kappa shape index (κ3) is 6.06. The van der Waals surface area contributed by atoms with E-state index in [1.165, 1.54) is 12.8 Å². The smallest absolute Gasteiger partial charge is 0.231 e. The van der Waals surface area contributed by atoms with Crippen LogP contribution in [0.2, 0.25) is 0 Å². The Balaban J connectivity index is 2.45. The largest absolute Gasteiger partial charge is 0.369 e. The van der Waals surface area contributed by atoms with Crippen molar-refractivity contribution in [3.8, 4) is 0 Å². The van der Waals surface area contributed by atoms with Gasteiger partial charge in [0.15, 0.2) is 5.82 Å². The van der Waals surface area contributed by atoms with Crippen LogP contribution in [0.4, 0.5) is 11.6 Å². The first-order chi connectivity index (χ1) is 8.01. The van der Waals surface area contributed by atoms with Gasteiger partial charge in [0, 0.05) is 6.54 Å². The Morgan fingerprint density at radius 2 is 1.82 bits per heavy atom. The second kappa shape index (κ2) is 6.39. The molecule has 0 amide bonds. The summed E-state index contributed by atoms with van der Waals surface area (Å²) in [5, 5.41) is 10.8. The van der Waals surface area contributed by atoms with Crippen LogP contribution in [0.5, 0.6) is 0 Å². The lowest BCUT2D eigenvalue weighted by molar-refractivity contribution is 0.606. The minimum absolute atomic E-state index is 0.228. The van der Waals surface area contributed by atoms with E-state index >= 15 is 0 Å². The zero-order valence-corrected chi connectivity index (χ0v) is 10.9. The molecule has 1 heterocycles. The molecule has 7 heteroatoms. The van der Waals surface area contributed by atoms with Crippen LogP contribution in [0.25, 0.3) is 0 Å². The highest BCUT2D eigenvalue weighted by atomic mass is 32.2. The molecule has 2 N–H and O–H groups in total. The van der Waals surface area contributed by atoms with Gasteiger partial charge in [-0.15, -0.1) is 10.2 Å². The average Bonchev–Trinajstić information content (AvgIpc) is 2.25. The number of rotatable bonds is 7. The molecular weight excluding hydrogens is 240 g/mol. The summed E-state index contributed by atoms with van der Waals surface area (Å²) >= 11 is 0. The van der Waals surface area contributed by atoms with Crippen LogP contribution in [0.3, 0.4) is 0 Å². The highest BCUT2D eigenvalue weighted by molar-refractivity contribution is 7.92. The molecule has 0 atom stereocenters. The van der Waals surface area contributed by atoms with Crippen molar-refractivity contribution in [2.45, 2.75) is 26.2 Å². The minimum Gasteiger partial charge on any atom is -0.369 e. The quantitative estimate of drug-likeness (QED) is 0.723. The van der Waals surface area contributed by atoms with Gasteiger partial charge in [0.2, 0.25) is 10.0 Å². The maximum absolute atomic E-state index is 10.9. The van der Waals surface area contributed by atoms with Gasteiger partial charge in [-0.25, -0.2) is 8.42 Å². The first-order valence-corrected chi connectivity index (χ1v) is 7.46. The van der Waals surface area contributed by atoms with E-state index in [9.17, 15) is 8.42 Å². The van der Waals surface area contributed by atoms with E-state index < -0.39 is 10.0 Å². The van der Waals surface area contributed by atoms with Crippen LogP contribution in [-0.4, -0.2) is 31.4 Å². The monoisotopic (exact) mass is 258 g/mol. The van der Waals surface area contributed by atoms with E-state index in [-0.39, 0.29) is 5.82 Å². The van der Waals surface area contributed by atoms with Gasteiger partial charge in [0.1, 0.15) is 5.82 Å². The Bertz CT molecular complexity index is 430. The zero-order valence-electron chi connectivity index (χ0n) is 10.1. The maximum Gasteiger partial charge on any atom is 0.231 e. The van der Waals surface area contributed by atoms with Crippen LogP contribution in [0, 0.1) is 0 Å². The Hall–Kier alpha value is -1.37. The molecule has 96 valence electrons. The summed E-state index contributed by atoms with van der Waals surface area (Å²) in [5.41, 5.74) is 0. The van der Waals surface area contributed by atoms with Crippen LogP contribution in [0.1, 0.15) is 26.2 Å². The van der Waals surface area contributed by atoms with Crippen molar-refractivity contribution in [3.63, 3.8) is 0 Å². The number of nitrogens with zero attached hydrogens (tertiary/aromatic N) is 2. The van der Waals surface area contributed by atoms with Gasteiger partial charge in [-0.1, -0.05) is 19.8 Å². The van der Waals surface area contributed by atoms with Gasteiger partial charge in [-0.05, 0) is 18.6 Å². The van der Waals surface area contributed by atoms with Crippen molar-refractivity contribution in [2.24, 2.45) is 0 Å². The van der Waals surface area contributed by atoms with Crippen molar-refractivity contribution < 1.29 is 8.42 Å². The molecule has 0 saturated heterocycles. The van der Waals surface area contributed by atoms with E-state index in [4.69, 9.17) is 0 Å². The summed E-state index contributed by atoms with van der Waals surface area (Å²) in [6, 6.07) is 3.28. The molecule has 17 heavy (non-hydrogen) atoms. The number of sulfonamides is 1. The summed E-state index contributed by atoms with van der Waals surface area (Å²) < 4.78 is 24.1. The third-order valence-corrected chi connectivity index (χ3v) is 2.62. The lowest BCUT2D eigenvalue weighted by atomic mass is 10.2. The number of hydrogen-bond donors (Lipinski definition) is 2. The molecule has 6 nitrogen and oxygen atoms in total. The van der Waals surface area contributed by atoms with Gasteiger partial charge < -0.3 is 5.32 Å². The fourth-order valence-electron chi connectivity index (χ4n) is 1.26. The summed E-state index contributed by atoms with van der Waals surface area (Å²) in [6.45, 7) is 2.99. The van der Waals surface area contributed by atoms with Crippen molar-refractivity contribution in [2.75, 3.05) is 22.8 Å². The van der Waals surface area contributed by atoms with Crippen LogP contribution in [0.15, 0.2) is 12.1 Å². The third-order valence-electron chi connectivity index (χ3n) is 2.04. The summed E-state index contributed by atoms with van der Waals surface area (Å²) in [4.78, 5) is 0. The van der Waals surface area contributed by atoms with Gasteiger partial charge >= 0.3 is 0 Å². The normalized spacial score (nSPS) is 11.2. The number of aromatic nitrogens is 2. The van der Waals surface area contributed by atoms with Crippen molar-refractivity contribution in [3.05, 3.63) is 12.1 Å². The predicted molar refractivity (Wildman–Crippen MR) is 68.5 cm³/mol. The lowest BCUT2D eigenvalue weighted by Gasteiger charge is -2.05. The number of unbranched alkanes of at least 4 members (excludes halogenated alkanes) is 2. The lowest BCUT2D eigenvalue weighted by Crippen LogP contribution is -2.12. The number of nitrogens with one attached hydrogen (secondary N) is 2. The topological polar surface area (TPSA) is 84.0 Å². The molecule has 0 aromatic carbocycles. The molecule has 0 aliphatic heterocycles. The minimum atomic E-state index is -3.29. The van der Waals surface area contributed by atoms with Crippen molar-refractivity contribution in [1.82, 2.24) is 10.2 Å². The first-order valence-electron chi connectivity index (χ1n) is 5.56. The second-order valence-electron chi connectivity index (χ2n) is 3.81. The van der Waals surface area contributed by atoms with Gasteiger partial charge in [-0.3, -0.25) is 4.72 Å². The Morgan fingerprint density at radius 3 is 2.35 bits per heavy atom. The van der Waals surface area contributed by atoms with Crippen LogP contribution >= 0.6 is 0 Å². The van der Waals surface area contributed by atoms with Gasteiger partial charge in [-0.2, -0.15) is 0 Å². The molecule has 0 radical (unpaired) electrons. The van der Waals surface area contributed by atoms with E-state index in [0.717, 1.165) is 19.2 Å². The fraction of sp³-hybridized carbons (Fsp3) is 0.600. The summed E-state index contributed by atoms with van der Waals surface area (Å²) in [5.74, 6) is 0.881. The summed E-state index contributed by atoms with van der Waals surface area (Å²) in [6.07, 6.45) is 4.51. The maximum atomic E-state index is 10.9. The molecule has 0 saturated carbocycles. The highest BCUT2D eigenvalue weighted by Crippen LogP contribution is 2.07. The Kier molecular flexibility index (Phi) is 5.14. The molecule has 0 spiro atoms. The van der Waals surface area contributed by atoms with Crippen LogP contribution < -0.4 is 10.0 Å². The molecule has 0 unspecified atom stereocenters. The van der Waals surface area contributed by atoms with Crippen molar-refractivity contribution >= 4 is 21.7 Å². The van der Waals surface area contributed by atoms with E-state index in [1.54, 1.807) is 12.1 Å². The van der Waals surface area contributed by atoms with Gasteiger partial charge in [0.05, 0.1) is 6.26 Å². The molecule has 0 bridgehead atoms. The Labute approximate surface area is 102 Å². The molecule has 1 rings (SSSR count). The highest BCUT2D eigenvalue weighted by Gasteiger charge is 2.03. The fourth-order valence-corrected chi connectivity index (χ4v) is 1.75. The Morgan fingerprint density at radius 1 is 1.18 bits per heavy atom. The van der Waals surface area contributed by atoms with Crippen molar-refractivity contribution in [1.29, 1.82) is 0 Å². The number of hydrogen-bond acceptors (Lipinski definition) is 5. The summed E-state index contributed by atoms with van der Waals surface area (Å²) in [7, 11) is -3.29. The molecule has 0 fully saturated rings. The first kappa shape index (κ1) is 13.7. The van der Waals surface area contributed by atoms with E-state index in [1.807, 2.05) is 0 Å². The molecule has 1 aromatic rings. The second-order valence-corrected chi connectivity index (χ2v) is 5.56.